The van der Waals surface area contributed by atoms with Gasteiger partial charge in [-0.15, -0.1) is 12.4 Å². The normalized spacial score (nSPS) is 0. The van der Waals surface area contributed by atoms with Gasteiger partial charge in [0.1, 0.15) is 0 Å². The Hall–Kier alpha value is 2.85. The fraction of sp³-hybridized carbons (Fsp3) is 0. The molecule has 0 amide bonds. The SMILES string of the molecule is Cl.O.[Al].[C].[Fe].[N].[NaH].[V]. The van der Waals surface area contributed by atoms with Gasteiger partial charge in [-0.25, -0.2) is 0 Å². The van der Waals surface area contributed by atoms with Crippen LogP contribution in [0.5, 0.6) is 0 Å². The molecule has 0 unspecified atom stereocenters. The molecule has 0 atom stereocenters. The Morgan fingerprint density at radius 1 is 1.00 bits per heavy atom. The van der Waals surface area contributed by atoms with Crippen LogP contribution in [0.1, 0.15) is 0 Å². The van der Waals surface area contributed by atoms with E-state index in [2.05, 4.69) is 0 Å². The van der Waals surface area contributed by atoms with E-state index in [9.17, 15) is 0 Å². The largest absolute Gasteiger partial charge is 0 e. The fourth-order valence-electron chi connectivity index (χ4n) is 0. The van der Waals surface area contributed by atoms with Crippen molar-refractivity contribution in [2.75, 3.05) is 0 Å². The molecule has 11 radical (unpaired) electrons. The van der Waals surface area contributed by atoms with Crippen molar-refractivity contribution >= 4 is 59.3 Å². The second-order valence-electron chi connectivity index (χ2n) is 0. The van der Waals surface area contributed by atoms with Gasteiger partial charge in [0.25, 0.3) is 0 Å². The first kappa shape index (κ1) is 130. The zero-order valence-corrected chi connectivity index (χ0v) is 7.71. The average Bonchev–Trinajstić information content (AvgIpc) is 0. The van der Waals surface area contributed by atoms with E-state index in [1.165, 1.54) is 0 Å². The van der Waals surface area contributed by atoms with Crippen molar-refractivity contribution in [3.05, 3.63) is 7.43 Å². The van der Waals surface area contributed by atoms with Crippen molar-refractivity contribution in [1.82, 2.24) is 6.15 Å². The van der Waals surface area contributed by atoms with Crippen molar-refractivity contribution in [1.29, 1.82) is 0 Å². The Bertz CT molecular complexity index is 24.0. The zero-order valence-electron chi connectivity index (χ0n) is 3.23. The van der Waals surface area contributed by atoms with Crippen molar-refractivity contribution < 1.29 is 41.1 Å². The third-order valence-electron chi connectivity index (χ3n) is 0. The van der Waals surface area contributed by atoms with Gasteiger partial charge in [0.15, 0.2) is 0 Å². The molecule has 0 heterocycles. The van der Waals surface area contributed by atoms with Crippen molar-refractivity contribution in [3.8, 4) is 0 Å². The standard InChI is InChI=1S/C.Al.ClH.Fe.N.Na.H2O.V.H/h;;1H;;;;1H2;;. The molecule has 0 aliphatic rings. The van der Waals surface area contributed by atoms with Gasteiger partial charge in [0.05, 0.1) is 0 Å². The van der Waals surface area contributed by atoms with E-state index in [1.54, 1.807) is 0 Å². The summed E-state index contributed by atoms with van der Waals surface area (Å²) in [5, 5.41) is 0. The molecule has 0 saturated carbocycles. The molecule has 43 valence electrons. The van der Waals surface area contributed by atoms with Gasteiger partial charge in [0, 0.05) is 66.6 Å². The Balaban J connectivity index is 0. The number of hydrogen-bond acceptors (Lipinski definition) is 0. The minimum Gasteiger partial charge on any atom is 0 e. The maximum atomic E-state index is 0. The molecule has 0 saturated heterocycles. The molecule has 8 heavy (non-hydrogen) atoms. The molecule has 0 aliphatic heterocycles. The van der Waals surface area contributed by atoms with E-state index in [1.807, 2.05) is 0 Å². The summed E-state index contributed by atoms with van der Waals surface area (Å²) in [4.78, 5) is 0. The van der Waals surface area contributed by atoms with Gasteiger partial charge >= 0.3 is 29.6 Å². The molecule has 0 aromatic rings. The summed E-state index contributed by atoms with van der Waals surface area (Å²) < 4.78 is 0. The van der Waals surface area contributed by atoms with Crippen molar-refractivity contribution in [3.63, 3.8) is 0 Å². The Morgan fingerprint density at radius 3 is 1.00 bits per heavy atom. The third-order valence-corrected chi connectivity index (χ3v) is 0. The van der Waals surface area contributed by atoms with Crippen LogP contribution in [-0.2, 0) is 35.6 Å². The predicted molar refractivity (Wildman–Crippen MR) is 29.1 cm³/mol. The number of nitrogens with zero attached hydrogens (tertiary/aromatic N) is 1. The summed E-state index contributed by atoms with van der Waals surface area (Å²) in [7, 11) is 0. The van der Waals surface area contributed by atoms with Crippen LogP contribution in [0.4, 0.5) is 0 Å². The number of hydrogen-bond donors (Lipinski definition) is 0. The molecule has 0 aromatic heterocycles. The third kappa shape index (κ3) is 67.2. The monoisotopic (exact) mass is 238 g/mol. The van der Waals surface area contributed by atoms with Crippen molar-refractivity contribution in [2.45, 2.75) is 0 Å². The smallest absolute Gasteiger partial charge is 0 e. The van der Waals surface area contributed by atoms with Crippen LogP contribution < -0.4 is 6.15 Å². The second kappa shape index (κ2) is 95.1. The topological polar surface area (TPSA) is 62.0 Å². The maximum Gasteiger partial charge on any atom is 0 e. The summed E-state index contributed by atoms with van der Waals surface area (Å²) >= 11 is 0. The van der Waals surface area contributed by atoms with E-state index in [-0.39, 0.29) is 114 Å². The Labute approximate surface area is 112 Å². The molecular formula is CH4AlClFeNNaOV. The van der Waals surface area contributed by atoms with Gasteiger partial charge in [-0.05, 0) is 0 Å². The van der Waals surface area contributed by atoms with Crippen LogP contribution in [0, 0.1) is 7.43 Å². The molecule has 0 rings (SSSR count). The van der Waals surface area contributed by atoms with Crippen LogP contribution in [0.2, 0.25) is 0 Å². The molecular weight excluding hydrogens is 234 g/mol. The Morgan fingerprint density at radius 2 is 1.00 bits per heavy atom. The van der Waals surface area contributed by atoms with Crippen LogP contribution in [0.3, 0.4) is 0 Å². The first-order valence-corrected chi connectivity index (χ1v) is 0. The fourth-order valence-corrected chi connectivity index (χ4v) is 0. The minimum absolute atomic E-state index is 0. The van der Waals surface area contributed by atoms with E-state index < -0.39 is 0 Å². The second-order valence-corrected chi connectivity index (χ2v) is 0. The summed E-state index contributed by atoms with van der Waals surface area (Å²) in [5.41, 5.74) is 0. The summed E-state index contributed by atoms with van der Waals surface area (Å²) in [5.74, 6) is 0. The number of halogens is 1. The van der Waals surface area contributed by atoms with E-state index in [0.29, 0.717) is 0 Å². The van der Waals surface area contributed by atoms with Crippen LogP contribution in [0.15, 0.2) is 0 Å². The first-order chi connectivity index (χ1) is 0. The van der Waals surface area contributed by atoms with Crippen LogP contribution in [0.25, 0.3) is 0 Å². The molecule has 0 fully saturated rings. The quantitative estimate of drug-likeness (QED) is 0.445. The Kier molecular flexibility index (Phi) is 1540. The molecule has 7 heteroatoms. The molecule has 0 aliphatic carbocycles. The van der Waals surface area contributed by atoms with Gasteiger partial charge in [0.2, 0.25) is 0 Å². The van der Waals surface area contributed by atoms with Gasteiger partial charge < -0.3 is 5.48 Å². The summed E-state index contributed by atoms with van der Waals surface area (Å²) in [6.07, 6.45) is 0. The number of rotatable bonds is 0. The summed E-state index contributed by atoms with van der Waals surface area (Å²) in [6.45, 7) is 0. The van der Waals surface area contributed by atoms with E-state index in [4.69, 9.17) is 0 Å². The predicted octanol–water partition coefficient (Wildman–Crippen LogP) is -1.84. The first-order valence-electron chi connectivity index (χ1n) is 0. The van der Waals surface area contributed by atoms with E-state index >= 15 is 0 Å². The van der Waals surface area contributed by atoms with Gasteiger partial charge in [-0.3, -0.25) is 0 Å². The van der Waals surface area contributed by atoms with Crippen LogP contribution >= 0.6 is 12.4 Å². The summed E-state index contributed by atoms with van der Waals surface area (Å²) in [6, 6.07) is 0. The molecule has 2 N–H and O–H groups in total. The molecule has 0 spiro atoms. The maximum absolute atomic E-state index is 0. The molecule has 2 nitrogen and oxygen atoms in total. The minimum atomic E-state index is 0. The zero-order chi connectivity index (χ0) is 0. The molecule has 0 aromatic carbocycles. The van der Waals surface area contributed by atoms with Gasteiger partial charge in [-0.1, -0.05) is 0 Å². The molecule has 0 bridgehead atoms. The van der Waals surface area contributed by atoms with Crippen LogP contribution in [-0.4, -0.2) is 52.4 Å². The van der Waals surface area contributed by atoms with E-state index in [0.717, 1.165) is 0 Å². The van der Waals surface area contributed by atoms with Crippen molar-refractivity contribution in [2.24, 2.45) is 0 Å². The average molecular weight is 238 g/mol. The van der Waals surface area contributed by atoms with Gasteiger partial charge in [-0.2, -0.15) is 0 Å².